The monoisotopic (exact) mass is 386 g/mol. The van der Waals surface area contributed by atoms with Crippen LogP contribution in [0.3, 0.4) is 0 Å². The van der Waals surface area contributed by atoms with Crippen LogP contribution in [0.4, 0.5) is 0 Å². The standard InChI is InChI=1S/C19H27ClN2O2.ClH/c1-13(21)14-5-4-10-22(12-14)19(23)17-11-15(20)8-9-18(17)24-16-6-2-3-7-16;/h8-9,11,13-14,16H,2-7,10,12,21H2,1H3;1H. The van der Waals surface area contributed by atoms with Gasteiger partial charge in [0.2, 0.25) is 0 Å². The van der Waals surface area contributed by atoms with Crippen LogP contribution in [0.1, 0.15) is 55.8 Å². The van der Waals surface area contributed by atoms with Crippen LogP contribution in [-0.2, 0) is 0 Å². The van der Waals surface area contributed by atoms with E-state index in [0.29, 0.717) is 28.8 Å². The molecule has 0 aromatic heterocycles. The Morgan fingerprint density at radius 2 is 2.00 bits per heavy atom. The molecule has 1 amide bonds. The first-order valence-electron chi connectivity index (χ1n) is 9.05. The molecule has 2 fully saturated rings. The van der Waals surface area contributed by atoms with E-state index in [1.54, 1.807) is 12.1 Å². The zero-order valence-electron chi connectivity index (χ0n) is 14.7. The first-order chi connectivity index (χ1) is 11.5. The summed E-state index contributed by atoms with van der Waals surface area (Å²) in [7, 11) is 0. The summed E-state index contributed by atoms with van der Waals surface area (Å²) in [4.78, 5) is 15.0. The summed E-state index contributed by atoms with van der Waals surface area (Å²) in [5.41, 5.74) is 6.63. The van der Waals surface area contributed by atoms with Crippen LogP contribution < -0.4 is 10.5 Å². The Labute approximate surface area is 161 Å². The second-order valence-electron chi connectivity index (χ2n) is 7.18. The predicted molar refractivity (Wildman–Crippen MR) is 104 cm³/mol. The van der Waals surface area contributed by atoms with E-state index < -0.39 is 0 Å². The van der Waals surface area contributed by atoms with Crippen LogP contribution in [0.25, 0.3) is 0 Å². The summed E-state index contributed by atoms with van der Waals surface area (Å²) < 4.78 is 6.12. The minimum Gasteiger partial charge on any atom is -0.490 e. The maximum atomic E-state index is 13.1. The van der Waals surface area contributed by atoms with Crippen molar-refractivity contribution in [3.8, 4) is 5.75 Å². The molecule has 1 aliphatic heterocycles. The van der Waals surface area contributed by atoms with Gasteiger partial charge in [0.1, 0.15) is 5.75 Å². The molecule has 25 heavy (non-hydrogen) atoms. The van der Waals surface area contributed by atoms with Crippen LogP contribution in [0.15, 0.2) is 18.2 Å². The molecule has 3 rings (SSSR count). The molecule has 1 aromatic carbocycles. The fraction of sp³-hybridized carbons (Fsp3) is 0.632. The van der Waals surface area contributed by atoms with Gasteiger partial charge < -0.3 is 15.4 Å². The van der Waals surface area contributed by atoms with Crippen molar-refractivity contribution in [1.29, 1.82) is 0 Å². The van der Waals surface area contributed by atoms with Gasteiger partial charge in [0, 0.05) is 24.2 Å². The number of piperidine rings is 1. The fourth-order valence-electron chi connectivity index (χ4n) is 3.75. The van der Waals surface area contributed by atoms with Crippen molar-refractivity contribution in [2.24, 2.45) is 11.7 Å². The second-order valence-corrected chi connectivity index (χ2v) is 7.61. The van der Waals surface area contributed by atoms with Gasteiger partial charge in [0.05, 0.1) is 11.7 Å². The van der Waals surface area contributed by atoms with Crippen LogP contribution in [0.2, 0.25) is 5.02 Å². The molecule has 0 bridgehead atoms. The lowest BCUT2D eigenvalue weighted by atomic mass is 9.92. The normalized spacial score (nSPS) is 22.4. The number of halogens is 2. The fourth-order valence-corrected chi connectivity index (χ4v) is 3.92. The van der Waals surface area contributed by atoms with Crippen molar-refractivity contribution in [2.75, 3.05) is 13.1 Å². The molecule has 6 heteroatoms. The number of rotatable bonds is 4. The van der Waals surface area contributed by atoms with Crippen molar-refractivity contribution in [3.63, 3.8) is 0 Å². The maximum absolute atomic E-state index is 13.1. The van der Waals surface area contributed by atoms with E-state index in [1.807, 2.05) is 17.9 Å². The highest BCUT2D eigenvalue weighted by Crippen LogP contribution is 2.30. The summed E-state index contributed by atoms with van der Waals surface area (Å²) in [6, 6.07) is 5.47. The lowest BCUT2D eigenvalue weighted by molar-refractivity contribution is 0.0654. The number of benzene rings is 1. The van der Waals surface area contributed by atoms with Crippen LogP contribution >= 0.6 is 24.0 Å². The minimum absolute atomic E-state index is 0. The number of ether oxygens (including phenoxy) is 1. The Bertz CT molecular complexity index is 589. The second kappa shape index (κ2) is 9.11. The first kappa shape index (κ1) is 20.3. The Hall–Kier alpha value is -0.970. The summed E-state index contributed by atoms with van der Waals surface area (Å²) in [5, 5.41) is 0.567. The zero-order chi connectivity index (χ0) is 17.1. The molecule has 1 saturated heterocycles. The number of amides is 1. The van der Waals surface area contributed by atoms with Crippen LogP contribution in [0.5, 0.6) is 5.75 Å². The SMILES string of the molecule is CC(N)C1CCCN(C(=O)c2cc(Cl)ccc2OC2CCCC2)C1.Cl. The molecule has 1 heterocycles. The molecule has 2 atom stereocenters. The number of carbonyl (C=O) groups is 1. The lowest BCUT2D eigenvalue weighted by Crippen LogP contribution is -2.45. The van der Waals surface area contributed by atoms with Gasteiger partial charge in [-0.3, -0.25) is 4.79 Å². The number of nitrogens with zero attached hydrogens (tertiary/aromatic N) is 1. The highest BCUT2D eigenvalue weighted by atomic mass is 35.5. The van der Waals surface area contributed by atoms with Gasteiger partial charge >= 0.3 is 0 Å². The highest BCUT2D eigenvalue weighted by molar-refractivity contribution is 6.31. The quantitative estimate of drug-likeness (QED) is 0.839. The molecule has 140 valence electrons. The van der Waals surface area contributed by atoms with E-state index in [4.69, 9.17) is 22.1 Å². The Morgan fingerprint density at radius 1 is 1.28 bits per heavy atom. The van der Waals surface area contributed by atoms with E-state index in [2.05, 4.69) is 0 Å². The largest absolute Gasteiger partial charge is 0.490 e. The van der Waals surface area contributed by atoms with Gasteiger partial charge in [-0.05, 0) is 69.6 Å². The molecule has 1 aromatic rings. The lowest BCUT2D eigenvalue weighted by Gasteiger charge is -2.35. The Kier molecular flexibility index (Phi) is 7.41. The van der Waals surface area contributed by atoms with Gasteiger partial charge in [-0.15, -0.1) is 12.4 Å². The molecule has 0 radical (unpaired) electrons. The van der Waals surface area contributed by atoms with Crippen molar-refractivity contribution in [3.05, 3.63) is 28.8 Å². The maximum Gasteiger partial charge on any atom is 0.257 e. The summed E-state index contributed by atoms with van der Waals surface area (Å²) in [5.74, 6) is 1.04. The van der Waals surface area contributed by atoms with E-state index in [-0.39, 0.29) is 30.5 Å². The van der Waals surface area contributed by atoms with E-state index in [9.17, 15) is 4.79 Å². The molecule has 2 unspecified atom stereocenters. The predicted octanol–water partition coefficient (Wildman–Crippen LogP) is 4.28. The third-order valence-electron chi connectivity index (χ3n) is 5.26. The minimum atomic E-state index is 0. The molecular weight excluding hydrogens is 359 g/mol. The summed E-state index contributed by atoms with van der Waals surface area (Å²) in [6.45, 7) is 3.51. The van der Waals surface area contributed by atoms with Gasteiger partial charge in [-0.25, -0.2) is 0 Å². The van der Waals surface area contributed by atoms with Crippen LogP contribution in [-0.4, -0.2) is 36.0 Å². The van der Waals surface area contributed by atoms with E-state index in [0.717, 1.165) is 32.2 Å². The third kappa shape index (κ3) is 5.02. The van der Waals surface area contributed by atoms with Gasteiger partial charge in [0.15, 0.2) is 0 Å². The smallest absolute Gasteiger partial charge is 0.257 e. The van der Waals surface area contributed by atoms with Crippen LogP contribution in [0, 0.1) is 5.92 Å². The highest BCUT2D eigenvalue weighted by Gasteiger charge is 2.29. The number of hydrogen-bond donors (Lipinski definition) is 1. The topological polar surface area (TPSA) is 55.6 Å². The first-order valence-corrected chi connectivity index (χ1v) is 9.43. The molecule has 1 aliphatic carbocycles. The third-order valence-corrected chi connectivity index (χ3v) is 5.49. The number of likely N-dealkylation sites (tertiary alicyclic amines) is 1. The van der Waals surface area contributed by atoms with Crippen molar-refractivity contribution < 1.29 is 9.53 Å². The molecule has 2 aliphatic rings. The van der Waals surface area contributed by atoms with E-state index >= 15 is 0 Å². The molecule has 0 spiro atoms. The Balaban J connectivity index is 0.00000225. The molecule has 1 saturated carbocycles. The van der Waals surface area contributed by atoms with Crippen molar-refractivity contribution in [1.82, 2.24) is 4.90 Å². The average Bonchev–Trinajstić information content (AvgIpc) is 3.09. The molecular formula is C19H28Cl2N2O2. The number of hydrogen-bond acceptors (Lipinski definition) is 3. The number of carbonyl (C=O) groups excluding carboxylic acids is 1. The number of nitrogens with two attached hydrogens (primary N) is 1. The Morgan fingerprint density at radius 3 is 2.68 bits per heavy atom. The van der Waals surface area contributed by atoms with Gasteiger partial charge in [0.25, 0.3) is 5.91 Å². The summed E-state index contributed by atoms with van der Waals surface area (Å²) in [6.07, 6.45) is 6.82. The average molecular weight is 387 g/mol. The van der Waals surface area contributed by atoms with Crippen molar-refractivity contribution >= 4 is 29.9 Å². The molecule has 4 nitrogen and oxygen atoms in total. The van der Waals surface area contributed by atoms with Gasteiger partial charge in [-0.2, -0.15) is 0 Å². The zero-order valence-corrected chi connectivity index (χ0v) is 16.3. The summed E-state index contributed by atoms with van der Waals surface area (Å²) >= 11 is 6.15. The van der Waals surface area contributed by atoms with Crippen molar-refractivity contribution in [2.45, 2.75) is 57.6 Å². The van der Waals surface area contributed by atoms with E-state index in [1.165, 1.54) is 12.8 Å². The molecule has 2 N–H and O–H groups in total. The van der Waals surface area contributed by atoms with Gasteiger partial charge in [-0.1, -0.05) is 11.6 Å².